The van der Waals surface area contributed by atoms with Gasteiger partial charge in [0.05, 0.1) is 21.3 Å². The molecule has 0 aliphatic carbocycles. The second-order valence-electron chi connectivity index (χ2n) is 8.49. The van der Waals surface area contributed by atoms with Crippen molar-refractivity contribution in [3.05, 3.63) is 71.5 Å². The average molecular weight is 488 g/mol. The quantitative estimate of drug-likeness (QED) is 0.329. The molecule has 35 heavy (non-hydrogen) atoms. The third-order valence-electron chi connectivity index (χ3n) is 5.70. The number of aromatic nitrogens is 6. The molecule has 0 unspecified atom stereocenters. The van der Waals surface area contributed by atoms with Gasteiger partial charge in [0, 0.05) is 36.3 Å². The standard InChI is InChI=1S/C25H19F2N7S/c1-34(2)12-13-9-14(11-28-10-13)15-3-4-16-20(21(15)27)24(33-32-16)25-30-17-7-8-29-23(22(17)31-25)18-5-6-19(26)35-18/h3-11H,12H2,1-2H3,(H,30,31)(H,32,33). The lowest BCUT2D eigenvalue weighted by Crippen LogP contribution is -2.10. The fourth-order valence-corrected chi connectivity index (χ4v) is 4.95. The highest BCUT2D eigenvalue weighted by Gasteiger charge is 2.21. The number of aromatic amines is 2. The highest BCUT2D eigenvalue weighted by molar-refractivity contribution is 7.13. The summed E-state index contributed by atoms with van der Waals surface area (Å²) in [5.74, 6) is -0.0118. The zero-order valence-electron chi connectivity index (χ0n) is 18.8. The molecule has 0 fully saturated rings. The molecule has 0 saturated carbocycles. The number of pyridine rings is 2. The first kappa shape index (κ1) is 21.5. The third-order valence-corrected chi connectivity index (χ3v) is 6.58. The number of H-pyrrole nitrogens is 2. The number of nitrogens with zero attached hydrogens (tertiary/aromatic N) is 5. The summed E-state index contributed by atoms with van der Waals surface area (Å²) in [5, 5.41) is 7.29. The van der Waals surface area contributed by atoms with Gasteiger partial charge in [-0.3, -0.25) is 15.1 Å². The minimum atomic E-state index is -0.408. The molecule has 0 atom stereocenters. The highest BCUT2D eigenvalue weighted by atomic mass is 32.1. The lowest BCUT2D eigenvalue weighted by Gasteiger charge is -2.11. The Balaban J connectivity index is 1.49. The maximum absolute atomic E-state index is 15.9. The van der Waals surface area contributed by atoms with Crippen LogP contribution in [0.15, 0.2) is 55.0 Å². The van der Waals surface area contributed by atoms with Crippen LogP contribution in [0.1, 0.15) is 5.56 Å². The summed E-state index contributed by atoms with van der Waals surface area (Å²) in [6.07, 6.45) is 5.07. The van der Waals surface area contributed by atoms with E-state index >= 15 is 4.39 Å². The van der Waals surface area contributed by atoms with Crippen LogP contribution in [0.2, 0.25) is 0 Å². The summed E-state index contributed by atoms with van der Waals surface area (Å²) in [4.78, 5) is 19.3. The molecule has 1 aromatic carbocycles. The van der Waals surface area contributed by atoms with Gasteiger partial charge in [0.15, 0.2) is 11.0 Å². The molecule has 6 rings (SSSR count). The number of halogens is 2. The van der Waals surface area contributed by atoms with E-state index in [2.05, 4.69) is 30.1 Å². The number of nitrogens with one attached hydrogen (secondary N) is 2. The first-order valence-electron chi connectivity index (χ1n) is 10.8. The smallest absolute Gasteiger partial charge is 0.177 e. The predicted molar refractivity (Wildman–Crippen MR) is 133 cm³/mol. The molecule has 0 aliphatic heterocycles. The van der Waals surface area contributed by atoms with Gasteiger partial charge in [0.2, 0.25) is 0 Å². The third kappa shape index (κ3) is 3.76. The number of fused-ring (bicyclic) bond motifs is 2. The molecule has 2 N–H and O–H groups in total. The largest absolute Gasteiger partial charge is 0.336 e. The monoisotopic (exact) mass is 487 g/mol. The van der Waals surface area contributed by atoms with Crippen LogP contribution in [0, 0.1) is 10.9 Å². The summed E-state index contributed by atoms with van der Waals surface area (Å²) >= 11 is 0.998. The van der Waals surface area contributed by atoms with Gasteiger partial charge in [-0.2, -0.15) is 9.49 Å². The number of hydrogen-bond acceptors (Lipinski definition) is 6. The Morgan fingerprint density at radius 2 is 1.89 bits per heavy atom. The Morgan fingerprint density at radius 1 is 1.00 bits per heavy atom. The molecule has 0 radical (unpaired) electrons. The molecule has 0 saturated heterocycles. The molecule has 5 heterocycles. The Bertz CT molecular complexity index is 1700. The van der Waals surface area contributed by atoms with Crippen LogP contribution in [-0.4, -0.2) is 49.1 Å². The van der Waals surface area contributed by atoms with Crippen LogP contribution in [0.5, 0.6) is 0 Å². The van der Waals surface area contributed by atoms with E-state index in [0.29, 0.717) is 61.7 Å². The Labute approximate surface area is 202 Å². The Hall–Kier alpha value is -4.02. The van der Waals surface area contributed by atoms with Crippen molar-refractivity contribution in [2.45, 2.75) is 6.54 Å². The fraction of sp³-hybridized carbons (Fsp3) is 0.120. The first-order chi connectivity index (χ1) is 17.0. The van der Waals surface area contributed by atoms with Crippen molar-refractivity contribution in [3.63, 3.8) is 0 Å². The van der Waals surface area contributed by atoms with E-state index in [9.17, 15) is 4.39 Å². The van der Waals surface area contributed by atoms with Crippen molar-refractivity contribution < 1.29 is 8.78 Å². The van der Waals surface area contributed by atoms with Gasteiger partial charge in [-0.15, -0.1) is 11.3 Å². The second-order valence-corrected chi connectivity index (χ2v) is 9.52. The maximum Gasteiger partial charge on any atom is 0.177 e. The van der Waals surface area contributed by atoms with Gasteiger partial charge in [0.1, 0.15) is 22.7 Å². The van der Waals surface area contributed by atoms with E-state index in [1.165, 1.54) is 6.07 Å². The zero-order chi connectivity index (χ0) is 24.1. The van der Waals surface area contributed by atoms with Gasteiger partial charge in [0.25, 0.3) is 0 Å². The normalized spacial score (nSPS) is 11.8. The molecular formula is C25H19F2N7S. The predicted octanol–water partition coefficient (Wildman–Crippen LogP) is 5.63. The zero-order valence-corrected chi connectivity index (χ0v) is 19.6. The molecule has 10 heteroatoms. The lowest BCUT2D eigenvalue weighted by atomic mass is 10.0. The minimum absolute atomic E-state index is 0.299. The average Bonchev–Trinajstić information content (AvgIpc) is 3.56. The van der Waals surface area contributed by atoms with Crippen molar-refractivity contribution in [2.75, 3.05) is 14.1 Å². The maximum atomic E-state index is 15.9. The van der Waals surface area contributed by atoms with E-state index in [-0.39, 0.29) is 5.13 Å². The van der Waals surface area contributed by atoms with E-state index in [0.717, 1.165) is 16.9 Å². The number of rotatable bonds is 5. The molecule has 0 spiro atoms. The number of thiophene rings is 1. The molecule has 5 aromatic heterocycles. The number of benzene rings is 1. The highest BCUT2D eigenvalue weighted by Crippen LogP contribution is 2.36. The van der Waals surface area contributed by atoms with E-state index in [1.54, 1.807) is 42.9 Å². The Morgan fingerprint density at radius 3 is 2.69 bits per heavy atom. The van der Waals surface area contributed by atoms with E-state index < -0.39 is 5.82 Å². The van der Waals surface area contributed by atoms with Crippen molar-refractivity contribution in [2.24, 2.45) is 0 Å². The van der Waals surface area contributed by atoms with Crippen LogP contribution < -0.4 is 0 Å². The fourth-order valence-electron chi connectivity index (χ4n) is 4.22. The first-order valence-corrected chi connectivity index (χ1v) is 11.7. The van der Waals surface area contributed by atoms with Gasteiger partial charge < -0.3 is 9.88 Å². The Kier molecular flexibility index (Phi) is 5.12. The molecule has 6 aromatic rings. The second kappa shape index (κ2) is 8.33. The molecule has 7 nitrogen and oxygen atoms in total. The summed E-state index contributed by atoms with van der Waals surface area (Å²) < 4.78 is 29.6. The van der Waals surface area contributed by atoms with E-state index in [4.69, 9.17) is 0 Å². The van der Waals surface area contributed by atoms with Crippen LogP contribution in [-0.2, 0) is 6.54 Å². The molecule has 174 valence electrons. The summed E-state index contributed by atoms with van der Waals surface area (Å²) in [6, 6.07) is 10.3. The molecule has 0 amide bonds. The lowest BCUT2D eigenvalue weighted by molar-refractivity contribution is 0.402. The van der Waals surface area contributed by atoms with Crippen LogP contribution >= 0.6 is 11.3 Å². The van der Waals surface area contributed by atoms with Gasteiger partial charge in [-0.1, -0.05) is 0 Å². The van der Waals surface area contributed by atoms with Crippen LogP contribution in [0.25, 0.3) is 55.2 Å². The molecule has 0 aliphatic rings. The minimum Gasteiger partial charge on any atom is -0.336 e. The summed E-state index contributed by atoms with van der Waals surface area (Å²) in [7, 11) is 3.94. The van der Waals surface area contributed by atoms with Crippen LogP contribution in [0.4, 0.5) is 8.78 Å². The van der Waals surface area contributed by atoms with Crippen molar-refractivity contribution >= 4 is 33.3 Å². The van der Waals surface area contributed by atoms with Crippen LogP contribution in [0.3, 0.4) is 0 Å². The van der Waals surface area contributed by atoms with Gasteiger partial charge in [-0.25, -0.2) is 9.37 Å². The topological polar surface area (TPSA) is 86.4 Å². The SMILES string of the molecule is CN(C)Cc1cncc(-c2ccc3[nH]nc(-c4nc5c(-c6ccc(F)s6)nccc5[nH]4)c3c2F)c1. The number of imidazole rings is 1. The number of hydrogen-bond donors (Lipinski definition) is 2. The van der Waals surface area contributed by atoms with Crippen molar-refractivity contribution in [3.8, 4) is 33.2 Å². The molecule has 0 bridgehead atoms. The van der Waals surface area contributed by atoms with Gasteiger partial charge in [-0.05, 0) is 56.1 Å². The molecular weight excluding hydrogens is 468 g/mol. The van der Waals surface area contributed by atoms with Crippen molar-refractivity contribution in [1.82, 2.24) is 35.0 Å². The summed E-state index contributed by atoms with van der Waals surface area (Å²) in [6.45, 7) is 0.700. The van der Waals surface area contributed by atoms with Crippen molar-refractivity contribution in [1.29, 1.82) is 0 Å². The van der Waals surface area contributed by atoms with E-state index in [1.807, 2.05) is 25.1 Å². The summed E-state index contributed by atoms with van der Waals surface area (Å²) in [5.41, 5.74) is 4.84. The van der Waals surface area contributed by atoms with Gasteiger partial charge >= 0.3 is 0 Å².